The van der Waals surface area contributed by atoms with Crippen LogP contribution in [0.5, 0.6) is 0 Å². The molecular formula is C18H28N2O. The van der Waals surface area contributed by atoms with E-state index in [9.17, 15) is 4.79 Å². The molecule has 1 atom stereocenters. The van der Waals surface area contributed by atoms with Gasteiger partial charge in [-0.2, -0.15) is 0 Å². The predicted molar refractivity (Wildman–Crippen MR) is 87.3 cm³/mol. The first kappa shape index (κ1) is 16.0. The van der Waals surface area contributed by atoms with Gasteiger partial charge in [0.15, 0.2) is 0 Å². The summed E-state index contributed by atoms with van der Waals surface area (Å²) in [5, 5.41) is 6.60. The summed E-state index contributed by atoms with van der Waals surface area (Å²) in [5.74, 6) is 0.208. The molecule has 1 amide bonds. The first-order valence-electron chi connectivity index (χ1n) is 8.34. The van der Waals surface area contributed by atoms with Gasteiger partial charge in [0.05, 0.1) is 0 Å². The van der Waals surface area contributed by atoms with Crippen LogP contribution in [0, 0.1) is 0 Å². The molecule has 0 heterocycles. The van der Waals surface area contributed by atoms with Crippen LogP contribution in [-0.2, 0) is 11.2 Å². The maximum Gasteiger partial charge on any atom is 0.220 e. The van der Waals surface area contributed by atoms with Crippen LogP contribution in [-0.4, -0.2) is 18.5 Å². The minimum atomic E-state index is 0.208. The molecule has 1 fully saturated rings. The number of carbonyl (C=O) groups excluding carboxylic acids is 1. The van der Waals surface area contributed by atoms with Crippen LogP contribution in [0.15, 0.2) is 24.3 Å². The molecular weight excluding hydrogens is 260 g/mol. The van der Waals surface area contributed by atoms with E-state index in [4.69, 9.17) is 0 Å². The van der Waals surface area contributed by atoms with Gasteiger partial charge in [0.25, 0.3) is 0 Å². The van der Waals surface area contributed by atoms with Gasteiger partial charge in [-0.25, -0.2) is 0 Å². The second-order valence-electron chi connectivity index (χ2n) is 5.96. The zero-order valence-electron chi connectivity index (χ0n) is 13.3. The zero-order chi connectivity index (χ0) is 15.1. The summed E-state index contributed by atoms with van der Waals surface area (Å²) in [7, 11) is 0. The molecule has 3 nitrogen and oxygen atoms in total. The van der Waals surface area contributed by atoms with Crippen molar-refractivity contribution in [1.29, 1.82) is 0 Å². The maximum absolute atomic E-state index is 11.6. The van der Waals surface area contributed by atoms with Gasteiger partial charge in [-0.1, -0.05) is 38.1 Å². The molecule has 1 aromatic carbocycles. The Morgan fingerprint density at radius 1 is 1.24 bits per heavy atom. The van der Waals surface area contributed by atoms with Gasteiger partial charge >= 0.3 is 0 Å². The Morgan fingerprint density at radius 2 is 1.95 bits per heavy atom. The average Bonchev–Trinajstić information content (AvgIpc) is 3.31. The fourth-order valence-corrected chi connectivity index (χ4v) is 2.54. The van der Waals surface area contributed by atoms with E-state index in [-0.39, 0.29) is 5.91 Å². The van der Waals surface area contributed by atoms with Crippen molar-refractivity contribution in [2.24, 2.45) is 0 Å². The Bertz CT molecular complexity index is 437. The van der Waals surface area contributed by atoms with Gasteiger partial charge in [0.1, 0.15) is 0 Å². The highest BCUT2D eigenvalue weighted by molar-refractivity contribution is 5.76. The van der Waals surface area contributed by atoms with E-state index in [0.717, 1.165) is 38.6 Å². The molecule has 0 saturated heterocycles. The number of carbonyl (C=O) groups is 1. The third-order valence-electron chi connectivity index (χ3n) is 4.11. The zero-order valence-corrected chi connectivity index (χ0v) is 13.3. The highest BCUT2D eigenvalue weighted by atomic mass is 16.1. The maximum atomic E-state index is 11.6. The lowest BCUT2D eigenvalue weighted by Crippen LogP contribution is -2.27. The summed E-state index contributed by atoms with van der Waals surface area (Å²) in [4.78, 5) is 11.6. The van der Waals surface area contributed by atoms with Gasteiger partial charge in [-0.3, -0.25) is 4.79 Å². The van der Waals surface area contributed by atoms with E-state index in [1.54, 1.807) is 0 Å². The normalized spacial score (nSPS) is 15.7. The molecule has 116 valence electrons. The molecule has 1 aliphatic rings. The quantitative estimate of drug-likeness (QED) is 0.684. The summed E-state index contributed by atoms with van der Waals surface area (Å²) in [5.41, 5.74) is 2.72. The lowest BCUT2D eigenvalue weighted by molar-refractivity contribution is -0.121. The van der Waals surface area contributed by atoms with Crippen molar-refractivity contribution in [3.63, 3.8) is 0 Å². The number of hydrogen-bond acceptors (Lipinski definition) is 2. The third kappa shape index (κ3) is 5.50. The number of rotatable bonds is 9. The lowest BCUT2D eigenvalue weighted by atomic mass is 10.0. The van der Waals surface area contributed by atoms with Crippen molar-refractivity contribution in [2.45, 2.75) is 64.5 Å². The Morgan fingerprint density at radius 3 is 2.52 bits per heavy atom. The van der Waals surface area contributed by atoms with Gasteiger partial charge < -0.3 is 10.6 Å². The summed E-state index contributed by atoms with van der Waals surface area (Å²) in [6.07, 6.45) is 6.02. The molecule has 0 spiro atoms. The monoisotopic (exact) mass is 288 g/mol. The van der Waals surface area contributed by atoms with Crippen LogP contribution in [0.1, 0.15) is 63.1 Å². The second kappa shape index (κ2) is 8.18. The van der Waals surface area contributed by atoms with Crippen LogP contribution >= 0.6 is 0 Å². The molecule has 2 N–H and O–H groups in total. The van der Waals surface area contributed by atoms with Gasteiger partial charge in [0.2, 0.25) is 5.91 Å². The van der Waals surface area contributed by atoms with Crippen LogP contribution in [0.3, 0.4) is 0 Å². The summed E-state index contributed by atoms with van der Waals surface area (Å²) < 4.78 is 0. The van der Waals surface area contributed by atoms with Crippen LogP contribution < -0.4 is 10.6 Å². The largest absolute Gasteiger partial charge is 0.353 e. The number of aryl methyl sites for hydroxylation is 1. The van der Waals surface area contributed by atoms with E-state index in [1.807, 2.05) is 0 Å². The van der Waals surface area contributed by atoms with Gasteiger partial charge in [0, 0.05) is 18.5 Å². The minimum absolute atomic E-state index is 0.208. The highest BCUT2D eigenvalue weighted by Gasteiger charge is 2.22. The molecule has 1 saturated carbocycles. The molecule has 21 heavy (non-hydrogen) atoms. The molecule has 3 heteroatoms. The van der Waals surface area contributed by atoms with Crippen molar-refractivity contribution in [2.75, 3.05) is 6.54 Å². The second-order valence-corrected chi connectivity index (χ2v) is 5.96. The molecule has 0 aromatic heterocycles. The van der Waals surface area contributed by atoms with Gasteiger partial charge in [-0.05, 0) is 49.8 Å². The lowest BCUT2D eigenvalue weighted by Gasteiger charge is -2.17. The molecule has 0 bridgehead atoms. The molecule has 0 radical (unpaired) electrons. The Labute approximate surface area is 128 Å². The van der Waals surface area contributed by atoms with Gasteiger partial charge in [-0.15, -0.1) is 0 Å². The number of hydrogen-bond donors (Lipinski definition) is 2. The smallest absolute Gasteiger partial charge is 0.220 e. The summed E-state index contributed by atoms with van der Waals surface area (Å²) in [6.45, 7) is 5.27. The van der Waals surface area contributed by atoms with E-state index in [0.29, 0.717) is 18.5 Å². The van der Waals surface area contributed by atoms with E-state index >= 15 is 0 Å². The summed E-state index contributed by atoms with van der Waals surface area (Å²) in [6, 6.07) is 9.74. The molecule has 1 aromatic rings. The molecule has 0 aliphatic heterocycles. The van der Waals surface area contributed by atoms with Crippen molar-refractivity contribution in [1.82, 2.24) is 10.6 Å². The van der Waals surface area contributed by atoms with Crippen molar-refractivity contribution >= 4 is 5.91 Å². The van der Waals surface area contributed by atoms with Crippen molar-refractivity contribution in [3.8, 4) is 0 Å². The van der Waals surface area contributed by atoms with E-state index in [1.165, 1.54) is 11.1 Å². The van der Waals surface area contributed by atoms with Crippen LogP contribution in [0.4, 0.5) is 0 Å². The fourth-order valence-electron chi connectivity index (χ4n) is 2.54. The third-order valence-corrected chi connectivity index (χ3v) is 4.11. The SMILES string of the molecule is CCc1ccc(C(CC)NCCCC(=O)NC2CC2)cc1. The predicted octanol–water partition coefficient (Wildman–Crippen LogP) is 3.35. The first-order valence-corrected chi connectivity index (χ1v) is 8.34. The molecule has 1 unspecified atom stereocenters. The van der Waals surface area contributed by atoms with Crippen molar-refractivity contribution < 1.29 is 4.79 Å². The van der Waals surface area contributed by atoms with Crippen LogP contribution in [0.25, 0.3) is 0 Å². The van der Waals surface area contributed by atoms with Crippen molar-refractivity contribution in [3.05, 3.63) is 35.4 Å². The topological polar surface area (TPSA) is 41.1 Å². The highest BCUT2D eigenvalue weighted by Crippen LogP contribution is 2.19. The van der Waals surface area contributed by atoms with E-state index in [2.05, 4.69) is 48.7 Å². The van der Waals surface area contributed by atoms with Crippen LogP contribution in [0.2, 0.25) is 0 Å². The number of benzene rings is 1. The number of amides is 1. The Balaban J connectivity index is 1.69. The Kier molecular flexibility index (Phi) is 6.24. The molecule has 1 aliphatic carbocycles. The van der Waals surface area contributed by atoms with E-state index < -0.39 is 0 Å². The number of nitrogens with one attached hydrogen (secondary N) is 2. The molecule has 2 rings (SSSR count). The average molecular weight is 288 g/mol. The standard InChI is InChI=1S/C18H28N2O/c1-3-14-7-9-15(10-8-14)17(4-2)19-13-5-6-18(21)20-16-11-12-16/h7-10,16-17,19H,3-6,11-13H2,1-2H3,(H,20,21). The first-order chi connectivity index (χ1) is 10.2. The fraction of sp³-hybridized carbons (Fsp3) is 0.611. The summed E-state index contributed by atoms with van der Waals surface area (Å²) >= 11 is 0. The minimum Gasteiger partial charge on any atom is -0.353 e. The Hall–Kier alpha value is -1.35.